The molecule has 1 aliphatic rings. The van der Waals surface area contributed by atoms with Gasteiger partial charge in [0.05, 0.1) is 12.9 Å². The molecule has 0 amide bonds. The Morgan fingerprint density at radius 2 is 2.17 bits per heavy atom. The maximum atomic E-state index is 11.0. The average Bonchev–Trinajstić information content (AvgIpc) is 2.08. The highest BCUT2D eigenvalue weighted by Crippen LogP contribution is 2.19. The van der Waals surface area contributed by atoms with E-state index in [1.54, 1.807) is 0 Å². The average molecular weight is 193 g/mol. The van der Waals surface area contributed by atoms with Gasteiger partial charge in [-0.15, -0.1) is 0 Å². The van der Waals surface area contributed by atoms with Crippen LogP contribution in [-0.4, -0.2) is 32.8 Å². The van der Waals surface area contributed by atoms with Crippen LogP contribution < -0.4 is 4.72 Å². The van der Waals surface area contributed by atoms with Gasteiger partial charge in [-0.25, -0.2) is 8.42 Å². The summed E-state index contributed by atoms with van der Waals surface area (Å²) in [6.45, 7) is 1.79. The Labute approximate surface area is 71.1 Å². The van der Waals surface area contributed by atoms with Gasteiger partial charge in [0.15, 0.2) is 0 Å². The number of hydrogen-bond acceptors (Lipinski definition) is 4. The fourth-order valence-corrected chi connectivity index (χ4v) is 2.11. The van der Waals surface area contributed by atoms with Gasteiger partial charge in [0, 0.05) is 6.42 Å². The normalized spacial score (nSPS) is 30.3. The largest absolute Gasteiger partial charge is 0.464 e. The van der Waals surface area contributed by atoms with Crippen LogP contribution >= 0.6 is 0 Å². The van der Waals surface area contributed by atoms with Crippen molar-refractivity contribution in [2.75, 3.05) is 12.9 Å². The Hall–Kier alpha value is -0.620. The lowest BCUT2D eigenvalue weighted by Crippen LogP contribution is -2.48. The summed E-state index contributed by atoms with van der Waals surface area (Å²) >= 11 is 0. The highest BCUT2D eigenvalue weighted by Gasteiger charge is 2.42. The number of esters is 1. The molecule has 0 aliphatic carbocycles. The number of nitrogens with one attached hydrogen (secondary N) is 1. The molecule has 5 nitrogen and oxygen atoms in total. The summed E-state index contributed by atoms with van der Waals surface area (Å²) in [5.41, 5.74) is -1.06. The Balaban J connectivity index is 2.80. The number of rotatable bonds is 2. The molecule has 0 aromatic carbocycles. The van der Waals surface area contributed by atoms with E-state index in [1.807, 2.05) is 0 Å². The standard InChI is InChI=1S/C6H11NO4S/c1-6(7-12(2,9)10)3-4-11-5(6)8/h7H,3-4H2,1-2H3. The fourth-order valence-electron chi connectivity index (χ4n) is 1.11. The zero-order valence-electron chi connectivity index (χ0n) is 6.96. The lowest BCUT2D eigenvalue weighted by molar-refractivity contribution is -0.142. The van der Waals surface area contributed by atoms with Crippen LogP contribution in [0.4, 0.5) is 0 Å². The monoisotopic (exact) mass is 193 g/mol. The van der Waals surface area contributed by atoms with Crippen LogP contribution in [0.5, 0.6) is 0 Å². The van der Waals surface area contributed by atoms with Crippen molar-refractivity contribution in [3.05, 3.63) is 0 Å². The molecular formula is C6H11NO4S. The molecule has 6 heteroatoms. The van der Waals surface area contributed by atoms with E-state index in [4.69, 9.17) is 0 Å². The van der Waals surface area contributed by atoms with Crippen LogP contribution in [0.15, 0.2) is 0 Å². The van der Waals surface area contributed by atoms with E-state index < -0.39 is 21.5 Å². The van der Waals surface area contributed by atoms with E-state index in [1.165, 1.54) is 6.92 Å². The Morgan fingerprint density at radius 3 is 2.50 bits per heavy atom. The zero-order valence-corrected chi connectivity index (χ0v) is 7.77. The number of cyclic esters (lactones) is 1. The second-order valence-corrected chi connectivity index (χ2v) is 4.84. The minimum atomic E-state index is -3.35. The highest BCUT2D eigenvalue weighted by molar-refractivity contribution is 7.88. The van der Waals surface area contributed by atoms with Crippen molar-refractivity contribution in [2.24, 2.45) is 0 Å². The van der Waals surface area contributed by atoms with Crippen LogP contribution in [0.1, 0.15) is 13.3 Å². The summed E-state index contributed by atoms with van der Waals surface area (Å²) in [6, 6.07) is 0. The quantitative estimate of drug-likeness (QED) is 0.585. The molecule has 1 rings (SSSR count). The molecule has 0 aromatic rings. The maximum Gasteiger partial charge on any atom is 0.327 e. The molecule has 0 spiro atoms. The first-order chi connectivity index (χ1) is 5.33. The molecule has 1 aliphatic heterocycles. The van der Waals surface area contributed by atoms with Crippen LogP contribution in [0.25, 0.3) is 0 Å². The first-order valence-corrected chi connectivity index (χ1v) is 5.39. The predicted molar refractivity (Wildman–Crippen MR) is 42.0 cm³/mol. The molecule has 0 aromatic heterocycles. The number of ether oxygens (including phenoxy) is 1. The predicted octanol–water partition coefficient (Wildman–Crippen LogP) is -0.759. The van der Waals surface area contributed by atoms with Crippen molar-refractivity contribution in [1.82, 2.24) is 4.72 Å². The molecule has 1 unspecified atom stereocenters. The van der Waals surface area contributed by atoms with Gasteiger partial charge in [-0.2, -0.15) is 4.72 Å². The third kappa shape index (κ3) is 1.95. The third-order valence-electron chi connectivity index (χ3n) is 1.70. The molecule has 70 valence electrons. The lowest BCUT2D eigenvalue weighted by Gasteiger charge is -2.18. The summed E-state index contributed by atoms with van der Waals surface area (Å²) in [4.78, 5) is 11.0. The molecule has 1 fully saturated rings. The van der Waals surface area contributed by atoms with Gasteiger partial charge in [0.2, 0.25) is 10.0 Å². The Bertz CT molecular complexity index is 297. The zero-order chi connectivity index (χ0) is 9.41. The molecule has 1 atom stereocenters. The van der Waals surface area contributed by atoms with Crippen LogP contribution in [0.3, 0.4) is 0 Å². The van der Waals surface area contributed by atoms with Gasteiger partial charge < -0.3 is 4.74 Å². The van der Waals surface area contributed by atoms with E-state index in [-0.39, 0.29) is 6.61 Å². The summed E-state index contributed by atoms with van der Waals surface area (Å²) in [7, 11) is -3.35. The smallest absolute Gasteiger partial charge is 0.327 e. The van der Waals surface area contributed by atoms with Crippen molar-refractivity contribution < 1.29 is 17.9 Å². The first-order valence-electron chi connectivity index (χ1n) is 3.50. The second-order valence-electron chi connectivity index (χ2n) is 3.09. The van der Waals surface area contributed by atoms with Crippen LogP contribution in [0, 0.1) is 0 Å². The Kier molecular flexibility index (Phi) is 2.13. The topological polar surface area (TPSA) is 72.5 Å². The first kappa shape index (κ1) is 9.47. The molecule has 12 heavy (non-hydrogen) atoms. The summed E-state index contributed by atoms with van der Waals surface area (Å²) < 4.78 is 28.5. The van der Waals surface area contributed by atoms with Crippen molar-refractivity contribution in [3.63, 3.8) is 0 Å². The highest BCUT2D eigenvalue weighted by atomic mass is 32.2. The van der Waals surface area contributed by atoms with Crippen molar-refractivity contribution in [3.8, 4) is 0 Å². The number of hydrogen-bond donors (Lipinski definition) is 1. The molecule has 1 heterocycles. The van der Waals surface area contributed by atoms with Gasteiger partial charge in [-0.05, 0) is 6.92 Å². The Morgan fingerprint density at radius 1 is 1.58 bits per heavy atom. The SMILES string of the molecule is CC1(NS(C)(=O)=O)CCOC1=O. The van der Waals surface area contributed by atoms with Crippen LogP contribution in [0.2, 0.25) is 0 Å². The molecular weight excluding hydrogens is 182 g/mol. The second kappa shape index (κ2) is 2.70. The van der Waals surface area contributed by atoms with E-state index in [2.05, 4.69) is 9.46 Å². The molecule has 0 bridgehead atoms. The van der Waals surface area contributed by atoms with Crippen LogP contribution in [-0.2, 0) is 19.6 Å². The molecule has 0 radical (unpaired) electrons. The molecule has 0 saturated carbocycles. The summed E-state index contributed by atoms with van der Waals surface area (Å²) in [5, 5.41) is 0. The molecule has 1 N–H and O–H groups in total. The number of carbonyl (C=O) groups is 1. The number of sulfonamides is 1. The minimum Gasteiger partial charge on any atom is -0.464 e. The van der Waals surface area contributed by atoms with Crippen molar-refractivity contribution in [1.29, 1.82) is 0 Å². The van der Waals surface area contributed by atoms with Crippen molar-refractivity contribution >= 4 is 16.0 Å². The van der Waals surface area contributed by atoms with E-state index in [9.17, 15) is 13.2 Å². The minimum absolute atomic E-state index is 0.276. The lowest BCUT2D eigenvalue weighted by atomic mass is 10.0. The van der Waals surface area contributed by atoms with Gasteiger partial charge in [-0.3, -0.25) is 4.79 Å². The van der Waals surface area contributed by atoms with Gasteiger partial charge in [-0.1, -0.05) is 0 Å². The molecule has 1 saturated heterocycles. The van der Waals surface area contributed by atoms with Gasteiger partial charge >= 0.3 is 5.97 Å². The van der Waals surface area contributed by atoms with Crippen molar-refractivity contribution in [2.45, 2.75) is 18.9 Å². The summed E-state index contributed by atoms with van der Waals surface area (Å²) in [6.07, 6.45) is 1.41. The van der Waals surface area contributed by atoms with E-state index in [0.29, 0.717) is 6.42 Å². The number of carbonyl (C=O) groups excluding carboxylic acids is 1. The maximum absolute atomic E-state index is 11.0. The third-order valence-corrected chi connectivity index (χ3v) is 2.52. The van der Waals surface area contributed by atoms with Gasteiger partial charge in [0.1, 0.15) is 5.54 Å². The summed E-state index contributed by atoms with van der Waals surface area (Å²) in [5.74, 6) is -0.507. The van der Waals surface area contributed by atoms with Gasteiger partial charge in [0.25, 0.3) is 0 Å². The van der Waals surface area contributed by atoms with E-state index >= 15 is 0 Å². The fraction of sp³-hybridized carbons (Fsp3) is 0.833. The van der Waals surface area contributed by atoms with E-state index in [0.717, 1.165) is 6.26 Å².